The van der Waals surface area contributed by atoms with Gasteiger partial charge in [-0.1, -0.05) is 29.4 Å². The molecule has 0 aliphatic carbocycles. The number of nitrogens with zero attached hydrogens (tertiary/aromatic N) is 4. The van der Waals surface area contributed by atoms with Crippen LogP contribution in [0.5, 0.6) is 0 Å². The monoisotopic (exact) mass is 320 g/mol. The molecule has 0 saturated carbocycles. The van der Waals surface area contributed by atoms with Crippen molar-refractivity contribution in [3.63, 3.8) is 0 Å². The number of halogens is 3. The van der Waals surface area contributed by atoms with Crippen LogP contribution in [0.25, 0.3) is 11.4 Å². The summed E-state index contributed by atoms with van der Waals surface area (Å²) in [6, 6.07) is 6.84. The summed E-state index contributed by atoms with van der Waals surface area (Å²) in [7, 11) is 0. The molecule has 0 atom stereocenters. The van der Waals surface area contributed by atoms with Gasteiger partial charge in [-0.3, -0.25) is 9.97 Å². The summed E-state index contributed by atoms with van der Waals surface area (Å²) in [5.74, 6) is -1.45. The Labute approximate surface area is 129 Å². The fourth-order valence-electron chi connectivity index (χ4n) is 1.95. The largest absolute Gasteiger partial charge is 0.471 e. The lowest BCUT2D eigenvalue weighted by Gasteiger charge is -2.02. The van der Waals surface area contributed by atoms with Crippen LogP contribution in [0.1, 0.15) is 22.8 Å². The third kappa shape index (κ3) is 3.53. The fourth-order valence-corrected chi connectivity index (χ4v) is 1.95. The van der Waals surface area contributed by atoms with Crippen LogP contribution >= 0.6 is 0 Å². The summed E-state index contributed by atoms with van der Waals surface area (Å²) >= 11 is 0. The van der Waals surface area contributed by atoms with Gasteiger partial charge in [0.15, 0.2) is 0 Å². The van der Waals surface area contributed by atoms with E-state index < -0.39 is 12.1 Å². The van der Waals surface area contributed by atoms with Crippen LogP contribution in [0, 0.1) is 6.92 Å². The average molecular weight is 320 g/mol. The van der Waals surface area contributed by atoms with Crippen molar-refractivity contribution in [2.24, 2.45) is 0 Å². The van der Waals surface area contributed by atoms with E-state index in [1.165, 1.54) is 0 Å². The predicted molar refractivity (Wildman–Crippen MR) is 74.3 cm³/mol. The Morgan fingerprint density at radius 3 is 2.35 bits per heavy atom. The van der Waals surface area contributed by atoms with E-state index in [0.717, 1.165) is 17.0 Å². The van der Waals surface area contributed by atoms with Crippen molar-refractivity contribution < 1.29 is 17.7 Å². The average Bonchev–Trinajstić information content (AvgIpc) is 3.00. The maximum atomic E-state index is 12.4. The molecule has 3 aromatic rings. The van der Waals surface area contributed by atoms with Gasteiger partial charge in [-0.05, 0) is 12.5 Å². The first-order valence-electron chi connectivity index (χ1n) is 6.69. The topological polar surface area (TPSA) is 64.7 Å². The van der Waals surface area contributed by atoms with Gasteiger partial charge in [0.2, 0.25) is 5.82 Å². The molecule has 5 nitrogen and oxygen atoms in total. The molecule has 0 amide bonds. The quantitative estimate of drug-likeness (QED) is 0.739. The Morgan fingerprint density at radius 2 is 1.78 bits per heavy atom. The summed E-state index contributed by atoms with van der Waals surface area (Å²) in [6.07, 6.45) is -0.692. The van der Waals surface area contributed by atoms with E-state index in [0.29, 0.717) is 12.0 Å². The second kappa shape index (κ2) is 5.79. The molecular formula is C15H11F3N4O. The second-order valence-corrected chi connectivity index (χ2v) is 4.94. The Balaban J connectivity index is 1.76. The summed E-state index contributed by atoms with van der Waals surface area (Å²) in [5, 5.41) is 3.35. The minimum atomic E-state index is -4.64. The highest BCUT2D eigenvalue weighted by molar-refractivity contribution is 5.54. The summed E-state index contributed by atoms with van der Waals surface area (Å²) in [5.41, 5.74) is 3.04. The molecule has 2 aromatic heterocycles. The summed E-state index contributed by atoms with van der Waals surface area (Å²) in [6.45, 7) is 1.85. The molecule has 0 saturated heterocycles. The number of aryl methyl sites for hydroxylation is 1. The SMILES string of the molecule is Cc1cnc(Cc2ccc(-c3noc(C(F)(F)F)n3)cc2)cn1. The minimum Gasteiger partial charge on any atom is -0.329 e. The molecule has 0 aliphatic heterocycles. The van der Waals surface area contributed by atoms with Crippen molar-refractivity contribution in [2.75, 3.05) is 0 Å². The van der Waals surface area contributed by atoms with Gasteiger partial charge in [0.05, 0.1) is 11.4 Å². The lowest BCUT2D eigenvalue weighted by Crippen LogP contribution is -2.04. The predicted octanol–water partition coefficient (Wildman–Crippen LogP) is 3.44. The number of benzene rings is 1. The highest BCUT2D eigenvalue weighted by Gasteiger charge is 2.38. The molecule has 0 spiro atoms. The Bertz CT molecular complexity index is 795. The van der Waals surface area contributed by atoms with Crippen molar-refractivity contribution in [3.05, 3.63) is 59.5 Å². The standard InChI is InChI=1S/C15H11F3N4O/c1-9-7-20-12(8-19-9)6-10-2-4-11(5-3-10)13-21-14(23-22-13)15(16,17)18/h2-5,7-8H,6H2,1H3. The van der Waals surface area contributed by atoms with Crippen LogP contribution in [0.15, 0.2) is 41.2 Å². The zero-order chi connectivity index (χ0) is 16.4. The van der Waals surface area contributed by atoms with Gasteiger partial charge in [-0.2, -0.15) is 18.2 Å². The van der Waals surface area contributed by atoms with Crippen molar-refractivity contribution in [1.29, 1.82) is 0 Å². The van der Waals surface area contributed by atoms with Gasteiger partial charge < -0.3 is 4.52 Å². The van der Waals surface area contributed by atoms with Crippen LogP contribution in [0.2, 0.25) is 0 Å². The number of rotatable bonds is 3. The van der Waals surface area contributed by atoms with Crippen LogP contribution in [0.3, 0.4) is 0 Å². The van der Waals surface area contributed by atoms with Gasteiger partial charge in [0, 0.05) is 24.4 Å². The Kier molecular flexibility index (Phi) is 3.81. The third-order valence-corrected chi connectivity index (χ3v) is 3.10. The molecule has 0 unspecified atom stereocenters. The van der Waals surface area contributed by atoms with Gasteiger partial charge in [0.1, 0.15) is 0 Å². The first-order chi connectivity index (χ1) is 10.9. The molecular weight excluding hydrogens is 309 g/mol. The zero-order valence-electron chi connectivity index (χ0n) is 12.0. The smallest absolute Gasteiger partial charge is 0.329 e. The molecule has 0 fully saturated rings. The maximum Gasteiger partial charge on any atom is 0.471 e. The van der Waals surface area contributed by atoms with E-state index in [-0.39, 0.29) is 5.82 Å². The molecule has 0 bridgehead atoms. The van der Waals surface area contributed by atoms with Gasteiger partial charge in [0.25, 0.3) is 0 Å². The Hall–Kier alpha value is -2.77. The summed E-state index contributed by atoms with van der Waals surface area (Å²) < 4.78 is 41.5. The third-order valence-electron chi connectivity index (χ3n) is 3.10. The van der Waals surface area contributed by atoms with Crippen molar-refractivity contribution in [2.45, 2.75) is 19.5 Å². The van der Waals surface area contributed by atoms with Crippen molar-refractivity contribution >= 4 is 0 Å². The van der Waals surface area contributed by atoms with E-state index in [4.69, 9.17) is 0 Å². The van der Waals surface area contributed by atoms with E-state index in [1.54, 1.807) is 36.7 Å². The van der Waals surface area contributed by atoms with Crippen LogP contribution in [0.4, 0.5) is 13.2 Å². The van der Waals surface area contributed by atoms with Crippen molar-refractivity contribution in [3.8, 4) is 11.4 Å². The van der Waals surface area contributed by atoms with Gasteiger partial charge in [-0.25, -0.2) is 0 Å². The molecule has 8 heteroatoms. The molecule has 23 heavy (non-hydrogen) atoms. The molecule has 118 valence electrons. The van der Waals surface area contributed by atoms with E-state index >= 15 is 0 Å². The van der Waals surface area contributed by atoms with E-state index in [2.05, 4.69) is 24.6 Å². The maximum absolute atomic E-state index is 12.4. The molecule has 1 aromatic carbocycles. The minimum absolute atomic E-state index is 0.0981. The number of alkyl halides is 3. The van der Waals surface area contributed by atoms with Gasteiger partial charge in [-0.15, -0.1) is 0 Å². The Morgan fingerprint density at radius 1 is 1.04 bits per heavy atom. The second-order valence-electron chi connectivity index (χ2n) is 4.94. The molecule has 2 heterocycles. The van der Waals surface area contributed by atoms with Crippen molar-refractivity contribution in [1.82, 2.24) is 20.1 Å². The van der Waals surface area contributed by atoms with E-state index in [1.807, 2.05) is 6.92 Å². The number of hydrogen-bond acceptors (Lipinski definition) is 5. The number of hydrogen-bond donors (Lipinski definition) is 0. The van der Waals surface area contributed by atoms with Crippen LogP contribution in [-0.2, 0) is 12.6 Å². The van der Waals surface area contributed by atoms with Gasteiger partial charge >= 0.3 is 12.1 Å². The van der Waals surface area contributed by atoms with Crippen LogP contribution in [-0.4, -0.2) is 20.1 Å². The lowest BCUT2D eigenvalue weighted by atomic mass is 10.1. The summed E-state index contributed by atoms with van der Waals surface area (Å²) in [4.78, 5) is 11.8. The highest BCUT2D eigenvalue weighted by Crippen LogP contribution is 2.29. The molecule has 3 rings (SSSR count). The molecule has 0 aliphatic rings. The first kappa shape index (κ1) is 15.1. The van der Waals surface area contributed by atoms with Crippen LogP contribution < -0.4 is 0 Å². The molecule has 0 radical (unpaired) electrons. The molecule has 0 N–H and O–H groups in total. The highest BCUT2D eigenvalue weighted by atomic mass is 19.4. The lowest BCUT2D eigenvalue weighted by molar-refractivity contribution is -0.159. The fraction of sp³-hybridized carbons (Fsp3) is 0.200. The van der Waals surface area contributed by atoms with E-state index in [9.17, 15) is 13.2 Å². The zero-order valence-corrected chi connectivity index (χ0v) is 12.0. The normalized spacial score (nSPS) is 11.7. The first-order valence-corrected chi connectivity index (χ1v) is 6.69. The number of aromatic nitrogens is 4.